The Morgan fingerprint density at radius 2 is 0.716 bits per heavy atom. The Hall–Kier alpha value is -11.0. The van der Waals surface area contributed by atoms with Crippen LogP contribution in [0.1, 0.15) is 164 Å². The molecule has 0 aliphatic rings. The molecule has 6 heterocycles. The first-order chi connectivity index (χ1) is 65.4. The molecule has 6 aromatic heterocycles. The minimum absolute atomic E-state index is 0. The number of hydrogen-bond acceptors (Lipinski definition) is 16. The number of aryl methyl sites for hydroxylation is 4. The SMILES string of the molecule is CC(C)(C)C(O)CC(O)C(C)(C)C.CC(C)(C)C(O)CC(O)C(C)(C)C.CC(C)c1ncnc2c1cc(-c1ccccc1)c1ccc[c-]c12.CC(O)CC(C)O.Cc1c(C)c2c(C)ncnc2c2[c-]cccc12.Cc1ncnc2c1ccc1c(-c3ccccc3)cc[c-]c12.[Ir].[Ir].[Ir].[Ir].[c-]1cccc2ccc3c(-c4ccccc4-c4ccccc4)ncnc3c12.c1ccc(-c2cc(-c3ccccn3)[n-]n2)cc1. The minimum Gasteiger partial charge on any atom is -0.573 e. The van der Waals surface area contributed by atoms with E-state index in [4.69, 9.17) is 10.2 Å². The van der Waals surface area contributed by atoms with Crippen LogP contribution >= 0.6 is 0 Å². The summed E-state index contributed by atoms with van der Waals surface area (Å²) in [5.41, 5.74) is 21.9. The van der Waals surface area contributed by atoms with Gasteiger partial charge in [0, 0.05) is 133 Å². The normalized spacial score (nSPS) is 12.5. The van der Waals surface area contributed by atoms with Crippen molar-refractivity contribution in [1.82, 2.24) is 55.1 Å². The van der Waals surface area contributed by atoms with E-state index in [0.717, 1.165) is 116 Å². The average Bonchev–Trinajstić information content (AvgIpc) is 1.43. The van der Waals surface area contributed by atoms with Crippen LogP contribution in [0.4, 0.5) is 0 Å². The van der Waals surface area contributed by atoms with Gasteiger partial charge in [0.2, 0.25) is 0 Å². The first-order valence-corrected chi connectivity index (χ1v) is 46.9. The summed E-state index contributed by atoms with van der Waals surface area (Å²) in [6, 6.07) is 104. The molecule has 141 heavy (non-hydrogen) atoms. The van der Waals surface area contributed by atoms with Gasteiger partial charge in [0.05, 0.1) is 42.3 Å². The largest absolute Gasteiger partial charge is 0.573 e. The average molecular weight is 2590 g/mol. The van der Waals surface area contributed by atoms with Crippen LogP contribution in [0.2, 0.25) is 0 Å². The summed E-state index contributed by atoms with van der Waals surface area (Å²) >= 11 is 0. The van der Waals surface area contributed by atoms with Gasteiger partial charge in [-0.1, -0.05) is 318 Å². The van der Waals surface area contributed by atoms with E-state index in [1.54, 1.807) is 45.4 Å². The van der Waals surface area contributed by atoms with Gasteiger partial charge in [-0.15, -0.1) is 123 Å². The maximum absolute atomic E-state index is 9.76. The summed E-state index contributed by atoms with van der Waals surface area (Å²) in [5.74, 6) is 0.352. The molecule has 6 N–H and O–H groups in total. The molecule has 740 valence electrons. The predicted octanol–water partition coefficient (Wildman–Crippen LogP) is 26.6. The monoisotopic (exact) mass is 2590 g/mol. The minimum atomic E-state index is -0.443. The van der Waals surface area contributed by atoms with Crippen LogP contribution in [0.5, 0.6) is 0 Å². The molecule has 19 rings (SSSR count). The molecule has 0 saturated heterocycles. The molecular formula is C120H128Ir4N11O6-5. The predicted molar refractivity (Wildman–Crippen MR) is 564 cm³/mol. The molecule has 0 bridgehead atoms. The molecule has 0 saturated carbocycles. The zero-order chi connectivity index (χ0) is 98.5. The van der Waals surface area contributed by atoms with Crippen molar-refractivity contribution in [2.45, 2.75) is 200 Å². The fraction of sp³-hybridized carbons (Fsp3) is 0.283. The topological polar surface area (TPSA) is 264 Å². The number of fused-ring (bicyclic) bond motifs is 12. The third-order valence-corrected chi connectivity index (χ3v) is 24.4. The Morgan fingerprint density at radius 1 is 0.305 bits per heavy atom. The molecule has 0 aliphatic carbocycles. The molecule has 0 spiro atoms. The maximum Gasteiger partial charge on any atom is 0.106 e. The van der Waals surface area contributed by atoms with Crippen LogP contribution in [-0.4, -0.2) is 117 Å². The second kappa shape index (κ2) is 52.8. The van der Waals surface area contributed by atoms with Crippen LogP contribution in [0.15, 0.2) is 298 Å². The van der Waals surface area contributed by atoms with Crippen LogP contribution in [-0.2, 0) is 80.4 Å². The van der Waals surface area contributed by atoms with E-state index >= 15 is 0 Å². The summed E-state index contributed by atoms with van der Waals surface area (Å²) in [6.07, 6.45) is 7.19. The van der Waals surface area contributed by atoms with Crippen LogP contribution in [0, 0.1) is 73.6 Å². The number of aromatic nitrogens is 11. The van der Waals surface area contributed by atoms with E-state index in [9.17, 15) is 20.4 Å². The van der Waals surface area contributed by atoms with E-state index in [1.165, 1.54) is 66.1 Å². The Bertz CT molecular complexity index is 7050. The van der Waals surface area contributed by atoms with Crippen molar-refractivity contribution in [2.24, 2.45) is 21.7 Å². The van der Waals surface area contributed by atoms with Crippen molar-refractivity contribution < 1.29 is 111 Å². The number of pyridine rings is 1. The van der Waals surface area contributed by atoms with E-state index in [0.29, 0.717) is 25.2 Å². The third-order valence-electron chi connectivity index (χ3n) is 24.4. The van der Waals surface area contributed by atoms with Gasteiger partial charge < -0.3 is 40.8 Å². The Morgan fingerprint density at radius 3 is 1.23 bits per heavy atom. The van der Waals surface area contributed by atoms with Gasteiger partial charge in [-0.2, -0.15) is 0 Å². The number of aliphatic hydroxyl groups is 6. The summed E-state index contributed by atoms with van der Waals surface area (Å²) in [7, 11) is 0. The van der Waals surface area contributed by atoms with Gasteiger partial charge in [-0.3, -0.25) is 24.9 Å². The number of rotatable bonds is 13. The number of benzene rings is 13. The van der Waals surface area contributed by atoms with Crippen LogP contribution < -0.4 is 5.10 Å². The molecule has 19 aromatic rings. The van der Waals surface area contributed by atoms with E-state index < -0.39 is 24.4 Å². The zero-order valence-electron chi connectivity index (χ0n) is 83.9. The first-order valence-electron chi connectivity index (χ1n) is 46.9. The van der Waals surface area contributed by atoms with Crippen molar-refractivity contribution in [1.29, 1.82) is 0 Å². The molecule has 6 unspecified atom stereocenters. The molecule has 21 heteroatoms. The fourth-order valence-corrected chi connectivity index (χ4v) is 15.9. The zero-order valence-corrected chi connectivity index (χ0v) is 93.5. The first kappa shape index (κ1) is 115. The molecule has 0 fully saturated rings. The number of hydrogen-bond donors (Lipinski definition) is 6. The molecular weight excluding hydrogens is 2460 g/mol. The fourth-order valence-electron chi connectivity index (χ4n) is 15.9. The van der Waals surface area contributed by atoms with Gasteiger partial charge in [0.25, 0.3) is 0 Å². The van der Waals surface area contributed by atoms with Crippen LogP contribution in [0.3, 0.4) is 0 Å². The summed E-state index contributed by atoms with van der Waals surface area (Å²) in [5, 5.41) is 77.9. The van der Waals surface area contributed by atoms with Crippen molar-refractivity contribution >= 4 is 86.7 Å². The molecule has 17 nitrogen and oxygen atoms in total. The van der Waals surface area contributed by atoms with Crippen molar-refractivity contribution in [3.05, 3.63) is 351 Å². The Balaban J connectivity index is 0.000000201. The van der Waals surface area contributed by atoms with Gasteiger partial charge in [-0.05, 0) is 165 Å². The smallest absolute Gasteiger partial charge is 0.106 e. The molecule has 0 aliphatic heterocycles. The van der Waals surface area contributed by atoms with Crippen molar-refractivity contribution in [3.63, 3.8) is 0 Å². The maximum atomic E-state index is 9.76. The second-order valence-corrected chi connectivity index (χ2v) is 39.4. The summed E-state index contributed by atoms with van der Waals surface area (Å²) in [4.78, 5) is 40.0. The van der Waals surface area contributed by atoms with Gasteiger partial charge in [-0.25, -0.2) is 19.9 Å². The standard InChI is InChI=1S/C24H15N2.C21H17N2.C19H13N2.C15H13N2.C14H10N3.2C11H24O2.C5H12O2.4Ir/c1-2-8-17(9-3-1)19-11-6-7-13-21(19)24-22-15-14-18-10-4-5-12-20(18)23(22)25-16-26-24;1-14(2)20-19-12-18(15-8-4-3-5-9-15)16-10-6-7-11-17(16)21(19)23-13-22-20;1-13-15-10-11-17-16(14-6-3-2-4-7-14)8-5-9-18(17)19(15)21-12-20-13;1-9-10(2)14-11(3)16-8-17-15(14)13-7-5-4-6-12(9)13;1-2-6-11(7-3-1)13-10-14(17-16-13)12-8-4-5-9-15-12;2*1-10(2,3)8(12)7-9(13)11(4,5)6;1-4(6)3-5(2)7;;;;/h1-11,13-16H;3-10,12-14H,1-2H3;2-8,10-12H,1H3;4-6,8H,1-3H3;1-10H;2*8-9,12-13H,7H2,1-6H3;4-7H,3H2,1-2H3;;;;/q5*-1;;;;;;;. The molecule has 6 atom stereocenters. The van der Waals surface area contributed by atoms with Gasteiger partial charge >= 0.3 is 0 Å². The third kappa shape index (κ3) is 30.3. The van der Waals surface area contributed by atoms with Crippen molar-refractivity contribution in [2.75, 3.05) is 0 Å². The molecule has 0 amide bonds. The van der Waals surface area contributed by atoms with E-state index in [-0.39, 0.29) is 114 Å². The second-order valence-electron chi connectivity index (χ2n) is 39.4. The van der Waals surface area contributed by atoms with E-state index in [1.807, 2.05) is 212 Å². The summed E-state index contributed by atoms with van der Waals surface area (Å²) < 4.78 is 0. The van der Waals surface area contributed by atoms with Crippen LogP contribution in [0.25, 0.3) is 154 Å². The van der Waals surface area contributed by atoms with E-state index in [2.05, 4.69) is 259 Å². The Kier molecular flexibility index (Phi) is 43.2. The Labute approximate surface area is 885 Å². The van der Waals surface area contributed by atoms with Crippen molar-refractivity contribution in [3.8, 4) is 67.3 Å². The number of nitrogens with zero attached hydrogens (tertiary/aromatic N) is 11. The number of aliphatic hydroxyl groups excluding tert-OH is 6. The molecule has 13 aromatic carbocycles. The summed E-state index contributed by atoms with van der Waals surface area (Å²) in [6.45, 7) is 39.7. The van der Waals surface area contributed by atoms with Gasteiger partial charge in [0.15, 0.2) is 0 Å². The quantitative estimate of drug-likeness (QED) is 0.0463. The van der Waals surface area contributed by atoms with Gasteiger partial charge in [0.1, 0.15) is 25.3 Å². The molecule has 4 radical (unpaired) electrons.